The maximum absolute atomic E-state index is 11.8. The zero-order valence-corrected chi connectivity index (χ0v) is 13.9. The number of amides is 2. The van der Waals surface area contributed by atoms with E-state index in [9.17, 15) is 9.90 Å². The van der Waals surface area contributed by atoms with Crippen LogP contribution in [0.5, 0.6) is 0 Å². The van der Waals surface area contributed by atoms with Crippen LogP contribution >= 0.6 is 0 Å². The fraction of sp³-hybridized carbons (Fsp3) is 0.263. The predicted octanol–water partition coefficient (Wildman–Crippen LogP) is 2.30. The van der Waals surface area contributed by atoms with Crippen molar-refractivity contribution < 1.29 is 9.90 Å². The Kier molecular flexibility index (Phi) is 5.64. The number of imidazole rings is 1. The van der Waals surface area contributed by atoms with Crippen LogP contribution in [0.25, 0.3) is 5.65 Å². The number of carbonyl (C=O) groups excluding carboxylic acids is 1. The third-order valence-corrected chi connectivity index (χ3v) is 3.97. The van der Waals surface area contributed by atoms with Crippen molar-refractivity contribution in [3.63, 3.8) is 0 Å². The highest BCUT2D eigenvalue weighted by Crippen LogP contribution is 2.14. The number of urea groups is 1. The molecule has 0 radical (unpaired) electrons. The van der Waals surface area contributed by atoms with Gasteiger partial charge >= 0.3 is 6.03 Å². The van der Waals surface area contributed by atoms with Gasteiger partial charge in [-0.1, -0.05) is 36.4 Å². The topological polar surface area (TPSA) is 78.7 Å². The van der Waals surface area contributed by atoms with Gasteiger partial charge in [0.05, 0.1) is 11.8 Å². The minimum Gasteiger partial charge on any atom is -0.388 e. The summed E-state index contributed by atoms with van der Waals surface area (Å²) in [7, 11) is 0. The van der Waals surface area contributed by atoms with Crippen LogP contribution in [0.4, 0.5) is 4.79 Å². The standard InChI is InChI=1S/C19H22N4O2/c24-17(15-6-2-1-3-7-15)10-12-21-19(25)20-11-9-16-14-23-13-5-4-8-18(23)22-16/h1-8,13-14,17,24H,9-12H2,(H2,20,21,25). The highest BCUT2D eigenvalue weighted by Gasteiger charge is 2.08. The van der Waals surface area contributed by atoms with Crippen molar-refractivity contribution >= 4 is 11.7 Å². The lowest BCUT2D eigenvalue weighted by Crippen LogP contribution is -2.37. The van der Waals surface area contributed by atoms with Crippen LogP contribution in [0, 0.1) is 0 Å². The summed E-state index contributed by atoms with van der Waals surface area (Å²) in [6.07, 6.45) is 4.49. The number of pyridine rings is 1. The predicted molar refractivity (Wildman–Crippen MR) is 96.3 cm³/mol. The van der Waals surface area contributed by atoms with E-state index in [4.69, 9.17) is 0 Å². The summed E-state index contributed by atoms with van der Waals surface area (Å²) in [6.45, 7) is 0.924. The quantitative estimate of drug-likeness (QED) is 0.618. The van der Waals surface area contributed by atoms with Crippen LogP contribution in [0.1, 0.15) is 23.8 Å². The first kappa shape index (κ1) is 17.0. The highest BCUT2D eigenvalue weighted by atomic mass is 16.3. The van der Waals surface area contributed by atoms with E-state index in [0.29, 0.717) is 25.9 Å². The molecule has 3 aromatic rings. The van der Waals surface area contributed by atoms with E-state index in [0.717, 1.165) is 16.9 Å². The molecule has 2 amide bonds. The van der Waals surface area contributed by atoms with Gasteiger partial charge in [-0.2, -0.15) is 0 Å². The van der Waals surface area contributed by atoms with Crippen LogP contribution in [0.15, 0.2) is 60.9 Å². The SMILES string of the molecule is O=C(NCCc1cn2ccccc2n1)NCCC(O)c1ccccc1. The summed E-state index contributed by atoms with van der Waals surface area (Å²) >= 11 is 0. The van der Waals surface area contributed by atoms with E-state index < -0.39 is 6.10 Å². The molecule has 0 fully saturated rings. The van der Waals surface area contributed by atoms with Crippen LogP contribution in [-0.4, -0.2) is 33.6 Å². The van der Waals surface area contributed by atoms with Crippen molar-refractivity contribution in [2.75, 3.05) is 13.1 Å². The van der Waals surface area contributed by atoms with Crippen molar-refractivity contribution in [2.45, 2.75) is 18.9 Å². The summed E-state index contributed by atoms with van der Waals surface area (Å²) < 4.78 is 1.96. The van der Waals surface area contributed by atoms with Gasteiger partial charge < -0.3 is 20.1 Å². The molecule has 0 bridgehead atoms. The largest absolute Gasteiger partial charge is 0.388 e. The maximum atomic E-state index is 11.8. The average Bonchev–Trinajstić information content (AvgIpc) is 3.05. The van der Waals surface area contributed by atoms with E-state index in [1.807, 2.05) is 65.3 Å². The summed E-state index contributed by atoms with van der Waals surface area (Å²) in [5.41, 5.74) is 2.69. The molecular formula is C19H22N4O2. The van der Waals surface area contributed by atoms with Crippen LogP contribution in [0.3, 0.4) is 0 Å². The average molecular weight is 338 g/mol. The molecule has 0 saturated heterocycles. The van der Waals surface area contributed by atoms with Gasteiger partial charge in [0.15, 0.2) is 0 Å². The molecule has 25 heavy (non-hydrogen) atoms. The van der Waals surface area contributed by atoms with Gasteiger partial charge in [-0.25, -0.2) is 9.78 Å². The minimum atomic E-state index is -0.570. The molecule has 1 atom stereocenters. The zero-order chi connectivity index (χ0) is 17.5. The zero-order valence-electron chi connectivity index (χ0n) is 13.9. The second-order valence-electron chi connectivity index (χ2n) is 5.85. The van der Waals surface area contributed by atoms with Crippen LogP contribution in [-0.2, 0) is 6.42 Å². The number of carbonyl (C=O) groups is 1. The van der Waals surface area contributed by atoms with E-state index in [1.54, 1.807) is 0 Å². The van der Waals surface area contributed by atoms with E-state index in [2.05, 4.69) is 15.6 Å². The second kappa shape index (κ2) is 8.30. The number of nitrogens with one attached hydrogen (secondary N) is 2. The third kappa shape index (κ3) is 4.81. The normalized spacial score (nSPS) is 12.0. The van der Waals surface area contributed by atoms with E-state index >= 15 is 0 Å². The summed E-state index contributed by atoms with van der Waals surface area (Å²) in [6, 6.07) is 15.0. The highest BCUT2D eigenvalue weighted by molar-refractivity contribution is 5.73. The number of aliphatic hydroxyl groups excluding tert-OH is 1. The minimum absolute atomic E-state index is 0.232. The third-order valence-electron chi connectivity index (χ3n) is 3.97. The smallest absolute Gasteiger partial charge is 0.314 e. The second-order valence-corrected chi connectivity index (χ2v) is 5.85. The van der Waals surface area contributed by atoms with Gasteiger partial charge in [0.25, 0.3) is 0 Å². The van der Waals surface area contributed by atoms with E-state index in [-0.39, 0.29) is 6.03 Å². The molecule has 6 heteroatoms. The van der Waals surface area contributed by atoms with E-state index in [1.165, 1.54) is 0 Å². The molecule has 3 rings (SSSR count). The molecule has 130 valence electrons. The van der Waals surface area contributed by atoms with Crippen molar-refractivity contribution in [1.82, 2.24) is 20.0 Å². The lowest BCUT2D eigenvalue weighted by atomic mass is 10.1. The molecule has 0 aliphatic heterocycles. The number of fused-ring (bicyclic) bond motifs is 1. The first-order valence-electron chi connectivity index (χ1n) is 8.40. The number of hydrogen-bond acceptors (Lipinski definition) is 3. The van der Waals surface area contributed by atoms with Crippen molar-refractivity contribution in [1.29, 1.82) is 0 Å². The molecule has 0 spiro atoms. The molecular weight excluding hydrogens is 316 g/mol. The number of aromatic nitrogens is 2. The first-order chi connectivity index (χ1) is 12.2. The molecule has 1 aromatic carbocycles. The molecule has 0 aliphatic rings. The monoisotopic (exact) mass is 338 g/mol. The summed E-state index contributed by atoms with van der Waals surface area (Å²) in [5, 5.41) is 15.6. The van der Waals surface area contributed by atoms with Gasteiger partial charge in [-0.15, -0.1) is 0 Å². The number of hydrogen-bond donors (Lipinski definition) is 3. The van der Waals surface area contributed by atoms with Crippen LogP contribution < -0.4 is 10.6 Å². The number of rotatable bonds is 7. The summed E-state index contributed by atoms with van der Waals surface area (Å²) in [4.78, 5) is 16.3. The van der Waals surface area contributed by atoms with Gasteiger partial charge in [0.2, 0.25) is 0 Å². The van der Waals surface area contributed by atoms with Gasteiger partial charge in [-0.05, 0) is 24.1 Å². The maximum Gasteiger partial charge on any atom is 0.314 e. The Morgan fingerprint density at radius 1 is 1.08 bits per heavy atom. The van der Waals surface area contributed by atoms with Gasteiger partial charge in [0.1, 0.15) is 5.65 Å². The number of nitrogens with zero attached hydrogens (tertiary/aromatic N) is 2. The Morgan fingerprint density at radius 3 is 2.64 bits per heavy atom. The summed E-state index contributed by atoms with van der Waals surface area (Å²) in [5.74, 6) is 0. The molecule has 2 heterocycles. The van der Waals surface area contributed by atoms with Crippen molar-refractivity contribution in [3.05, 3.63) is 72.2 Å². The first-order valence-corrected chi connectivity index (χ1v) is 8.40. The van der Waals surface area contributed by atoms with Crippen LogP contribution in [0.2, 0.25) is 0 Å². The van der Waals surface area contributed by atoms with Crippen molar-refractivity contribution in [2.24, 2.45) is 0 Å². The Labute approximate surface area is 146 Å². The lowest BCUT2D eigenvalue weighted by Gasteiger charge is -2.12. The molecule has 0 saturated carbocycles. The van der Waals surface area contributed by atoms with Gasteiger partial charge in [-0.3, -0.25) is 0 Å². The Hall–Kier alpha value is -2.86. The molecule has 2 aromatic heterocycles. The lowest BCUT2D eigenvalue weighted by molar-refractivity contribution is 0.167. The fourth-order valence-corrected chi connectivity index (χ4v) is 2.64. The molecule has 6 nitrogen and oxygen atoms in total. The van der Waals surface area contributed by atoms with Crippen molar-refractivity contribution in [3.8, 4) is 0 Å². The number of benzene rings is 1. The fourth-order valence-electron chi connectivity index (χ4n) is 2.64. The Morgan fingerprint density at radius 2 is 1.84 bits per heavy atom. The Bertz CT molecular complexity index is 783. The Balaban J connectivity index is 1.35. The molecule has 1 unspecified atom stereocenters. The molecule has 3 N–H and O–H groups in total. The molecule has 0 aliphatic carbocycles. The van der Waals surface area contributed by atoms with Gasteiger partial charge in [0, 0.05) is 31.9 Å². The number of aliphatic hydroxyl groups is 1.